The smallest absolute Gasteiger partial charge is 0.407 e. The lowest BCUT2D eigenvalue weighted by Crippen LogP contribution is -2.41. The number of rotatable bonds is 8. The van der Waals surface area contributed by atoms with Gasteiger partial charge in [0.2, 0.25) is 0 Å². The van der Waals surface area contributed by atoms with Crippen molar-refractivity contribution >= 4 is 6.09 Å². The topological polar surface area (TPSA) is 59.6 Å². The Morgan fingerprint density at radius 1 is 1.23 bits per heavy atom. The predicted octanol–water partition coefficient (Wildman–Crippen LogP) is 2.96. The molecule has 1 aromatic carbocycles. The van der Waals surface area contributed by atoms with Gasteiger partial charge in [-0.2, -0.15) is 0 Å². The summed E-state index contributed by atoms with van der Waals surface area (Å²) in [4.78, 5) is 11.5. The maximum Gasteiger partial charge on any atom is 0.407 e. The molecule has 0 saturated heterocycles. The number of alkyl carbamates (subject to hydrolysis) is 1. The molecule has 1 atom stereocenters. The highest BCUT2D eigenvalue weighted by Crippen LogP contribution is 2.08. The molecule has 1 amide bonds. The Labute approximate surface area is 133 Å². The van der Waals surface area contributed by atoms with Gasteiger partial charge in [0.25, 0.3) is 0 Å². The summed E-state index contributed by atoms with van der Waals surface area (Å²) >= 11 is 0. The van der Waals surface area contributed by atoms with E-state index in [1.165, 1.54) is 0 Å². The van der Waals surface area contributed by atoms with E-state index in [4.69, 9.17) is 9.47 Å². The van der Waals surface area contributed by atoms with Gasteiger partial charge in [0.05, 0.1) is 6.61 Å². The fourth-order valence-electron chi connectivity index (χ4n) is 1.75. The highest BCUT2D eigenvalue weighted by Gasteiger charge is 2.16. The molecule has 0 aliphatic heterocycles. The highest BCUT2D eigenvalue weighted by molar-refractivity contribution is 5.67. The molecule has 0 aliphatic rings. The molecule has 0 fully saturated rings. The van der Waals surface area contributed by atoms with Crippen LogP contribution in [0.5, 0.6) is 5.75 Å². The number of amides is 1. The van der Waals surface area contributed by atoms with Gasteiger partial charge in [-0.15, -0.1) is 0 Å². The number of benzene rings is 1. The Hall–Kier alpha value is -1.75. The van der Waals surface area contributed by atoms with Crippen molar-refractivity contribution in [2.45, 2.75) is 45.8 Å². The summed E-state index contributed by atoms with van der Waals surface area (Å²) in [5.74, 6) is 0.891. The average Bonchev–Trinajstić information content (AvgIpc) is 2.44. The van der Waals surface area contributed by atoms with Gasteiger partial charge >= 0.3 is 6.09 Å². The van der Waals surface area contributed by atoms with Crippen LogP contribution in [0.15, 0.2) is 30.3 Å². The Bertz CT molecular complexity index is 429. The van der Waals surface area contributed by atoms with E-state index in [1.807, 2.05) is 58.0 Å². The number of hydrogen-bond acceptors (Lipinski definition) is 4. The van der Waals surface area contributed by atoms with Crippen LogP contribution in [-0.2, 0) is 4.74 Å². The van der Waals surface area contributed by atoms with Gasteiger partial charge in [-0.05, 0) is 52.8 Å². The fraction of sp³-hybridized carbons (Fsp3) is 0.588. The SMILES string of the molecule is CC(CNC(=O)OC(C)(C)C)NCCCOc1ccccc1. The largest absolute Gasteiger partial charge is 0.494 e. The molecule has 0 heterocycles. The van der Waals surface area contributed by atoms with Crippen molar-refractivity contribution in [1.29, 1.82) is 0 Å². The van der Waals surface area contributed by atoms with Crippen molar-refractivity contribution in [3.8, 4) is 5.75 Å². The van der Waals surface area contributed by atoms with Gasteiger partial charge in [0, 0.05) is 12.6 Å². The third-order valence-electron chi connectivity index (χ3n) is 2.78. The molecule has 1 unspecified atom stereocenters. The molecule has 1 rings (SSSR count). The molecule has 22 heavy (non-hydrogen) atoms. The molecule has 0 saturated carbocycles. The third kappa shape index (κ3) is 9.23. The van der Waals surface area contributed by atoms with Crippen molar-refractivity contribution in [3.63, 3.8) is 0 Å². The maximum atomic E-state index is 11.5. The Kier molecular flexibility index (Phi) is 7.74. The van der Waals surface area contributed by atoms with E-state index >= 15 is 0 Å². The van der Waals surface area contributed by atoms with E-state index in [-0.39, 0.29) is 12.1 Å². The van der Waals surface area contributed by atoms with E-state index < -0.39 is 5.60 Å². The summed E-state index contributed by atoms with van der Waals surface area (Å²) in [6.07, 6.45) is 0.527. The van der Waals surface area contributed by atoms with Crippen molar-refractivity contribution in [2.75, 3.05) is 19.7 Å². The molecule has 2 N–H and O–H groups in total. The second-order valence-corrected chi connectivity index (χ2v) is 6.25. The quantitative estimate of drug-likeness (QED) is 0.725. The van der Waals surface area contributed by atoms with Gasteiger partial charge in [-0.1, -0.05) is 18.2 Å². The lowest BCUT2D eigenvalue weighted by molar-refractivity contribution is 0.0523. The third-order valence-corrected chi connectivity index (χ3v) is 2.78. The fourth-order valence-corrected chi connectivity index (χ4v) is 1.75. The lowest BCUT2D eigenvalue weighted by Gasteiger charge is -2.21. The number of hydrogen-bond donors (Lipinski definition) is 2. The first-order valence-electron chi connectivity index (χ1n) is 7.75. The zero-order chi connectivity index (χ0) is 16.4. The average molecular weight is 308 g/mol. The van der Waals surface area contributed by atoms with Gasteiger partial charge in [0.1, 0.15) is 11.4 Å². The highest BCUT2D eigenvalue weighted by atomic mass is 16.6. The first-order valence-corrected chi connectivity index (χ1v) is 7.75. The Morgan fingerprint density at radius 2 is 1.91 bits per heavy atom. The van der Waals surface area contributed by atoms with Crippen LogP contribution in [0.1, 0.15) is 34.1 Å². The van der Waals surface area contributed by atoms with E-state index in [2.05, 4.69) is 10.6 Å². The zero-order valence-corrected chi connectivity index (χ0v) is 14.0. The zero-order valence-electron chi connectivity index (χ0n) is 14.0. The summed E-state index contributed by atoms with van der Waals surface area (Å²) in [7, 11) is 0. The standard InChI is InChI=1S/C17H28N2O3/c1-14(13-19-16(20)22-17(2,3)4)18-11-8-12-21-15-9-6-5-7-10-15/h5-7,9-10,14,18H,8,11-13H2,1-4H3,(H,19,20). The van der Waals surface area contributed by atoms with Crippen LogP contribution in [0.3, 0.4) is 0 Å². The van der Waals surface area contributed by atoms with E-state index in [1.54, 1.807) is 0 Å². The summed E-state index contributed by atoms with van der Waals surface area (Å²) < 4.78 is 10.8. The van der Waals surface area contributed by atoms with Crippen LogP contribution < -0.4 is 15.4 Å². The van der Waals surface area contributed by atoms with Crippen LogP contribution in [0.4, 0.5) is 4.79 Å². The van der Waals surface area contributed by atoms with E-state index in [0.717, 1.165) is 18.7 Å². The summed E-state index contributed by atoms with van der Waals surface area (Å²) in [6.45, 7) is 9.61. The number of para-hydroxylation sites is 1. The van der Waals surface area contributed by atoms with Gasteiger partial charge in [0.15, 0.2) is 0 Å². The second kappa shape index (κ2) is 9.30. The molecular formula is C17H28N2O3. The van der Waals surface area contributed by atoms with Crippen molar-refractivity contribution in [1.82, 2.24) is 10.6 Å². The maximum absolute atomic E-state index is 11.5. The van der Waals surface area contributed by atoms with Crippen LogP contribution in [0, 0.1) is 0 Å². The Balaban J connectivity index is 2.04. The first kappa shape index (κ1) is 18.3. The van der Waals surface area contributed by atoms with Gasteiger partial charge in [-0.25, -0.2) is 4.79 Å². The molecule has 5 nitrogen and oxygen atoms in total. The molecule has 124 valence electrons. The lowest BCUT2D eigenvalue weighted by atomic mass is 10.2. The predicted molar refractivity (Wildman–Crippen MR) is 88.3 cm³/mol. The molecule has 5 heteroatoms. The van der Waals surface area contributed by atoms with Crippen molar-refractivity contribution in [2.24, 2.45) is 0 Å². The van der Waals surface area contributed by atoms with Crippen molar-refractivity contribution < 1.29 is 14.3 Å². The molecule has 0 spiro atoms. The minimum absolute atomic E-state index is 0.184. The van der Waals surface area contributed by atoms with Crippen molar-refractivity contribution in [3.05, 3.63) is 30.3 Å². The van der Waals surface area contributed by atoms with Gasteiger partial charge < -0.3 is 20.1 Å². The Morgan fingerprint density at radius 3 is 2.55 bits per heavy atom. The number of carbonyl (C=O) groups is 1. The molecule has 0 aliphatic carbocycles. The first-order chi connectivity index (χ1) is 10.4. The van der Waals surface area contributed by atoms with Crippen LogP contribution >= 0.6 is 0 Å². The monoisotopic (exact) mass is 308 g/mol. The summed E-state index contributed by atoms with van der Waals surface area (Å²) in [6, 6.07) is 9.95. The molecule has 1 aromatic rings. The molecule has 0 bridgehead atoms. The minimum atomic E-state index is -0.463. The van der Waals surface area contributed by atoms with Crippen LogP contribution in [-0.4, -0.2) is 37.4 Å². The van der Waals surface area contributed by atoms with Crippen LogP contribution in [0.25, 0.3) is 0 Å². The number of ether oxygens (including phenoxy) is 2. The summed E-state index contributed by atoms with van der Waals surface area (Å²) in [5, 5.41) is 6.09. The number of nitrogens with one attached hydrogen (secondary N) is 2. The molecule has 0 aromatic heterocycles. The normalized spacial score (nSPS) is 12.5. The van der Waals surface area contributed by atoms with Crippen LogP contribution in [0.2, 0.25) is 0 Å². The molecule has 0 radical (unpaired) electrons. The minimum Gasteiger partial charge on any atom is -0.494 e. The number of carbonyl (C=O) groups excluding carboxylic acids is 1. The van der Waals surface area contributed by atoms with Gasteiger partial charge in [-0.3, -0.25) is 0 Å². The van der Waals surface area contributed by atoms with E-state index in [9.17, 15) is 4.79 Å². The molecular weight excluding hydrogens is 280 g/mol. The summed E-state index contributed by atoms with van der Waals surface area (Å²) in [5.41, 5.74) is -0.463. The van der Waals surface area contributed by atoms with E-state index in [0.29, 0.717) is 13.2 Å². The second-order valence-electron chi connectivity index (χ2n) is 6.25.